The maximum Gasteiger partial charge on any atom is 0.313 e. The molecule has 0 radical (unpaired) electrons. The van der Waals surface area contributed by atoms with Gasteiger partial charge in [-0.05, 0) is 12.5 Å². The molecular formula is C21H20FN5O4. The zero-order chi connectivity index (χ0) is 22.2. The van der Waals surface area contributed by atoms with E-state index >= 15 is 0 Å². The number of imidazole rings is 1. The van der Waals surface area contributed by atoms with Crippen LogP contribution in [0.1, 0.15) is 31.1 Å². The van der Waals surface area contributed by atoms with Crippen LogP contribution in [0.2, 0.25) is 0 Å². The van der Waals surface area contributed by atoms with Crippen molar-refractivity contribution in [3.63, 3.8) is 0 Å². The second-order valence-corrected chi connectivity index (χ2v) is 7.30. The van der Waals surface area contributed by atoms with Gasteiger partial charge in [0.05, 0.1) is 12.2 Å². The highest BCUT2D eigenvalue weighted by Gasteiger charge is 2.49. The summed E-state index contributed by atoms with van der Waals surface area (Å²) in [5.74, 6) is 1.26. The monoisotopic (exact) mass is 425 g/mol. The molecule has 1 aliphatic rings. The van der Waals surface area contributed by atoms with E-state index in [1.54, 1.807) is 6.92 Å². The number of nitrogens with zero attached hydrogens (tertiary/aromatic N) is 4. The molecule has 0 spiro atoms. The van der Waals surface area contributed by atoms with Gasteiger partial charge >= 0.3 is 12.0 Å². The van der Waals surface area contributed by atoms with Crippen LogP contribution in [0.15, 0.2) is 36.7 Å². The molecule has 4 atom stereocenters. The molecule has 0 aliphatic carbocycles. The Balaban J connectivity index is 1.52. The van der Waals surface area contributed by atoms with Crippen molar-refractivity contribution in [2.45, 2.75) is 37.2 Å². The Kier molecular flexibility index (Phi) is 5.31. The molecule has 3 aromatic rings. The summed E-state index contributed by atoms with van der Waals surface area (Å²) in [6, 6.07) is 9.13. The molecule has 1 aromatic carbocycles. The number of benzene rings is 1. The quantitative estimate of drug-likeness (QED) is 0.358. The van der Waals surface area contributed by atoms with Crippen molar-refractivity contribution in [2.24, 2.45) is 0 Å². The number of hydrogen-bond donors (Lipinski definition) is 2. The van der Waals surface area contributed by atoms with E-state index in [0.717, 1.165) is 5.56 Å². The van der Waals surface area contributed by atoms with Crippen molar-refractivity contribution in [1.82, 2.24) is 19.5 Å². The summed E-state index contributed by atoms with van der Waals surface area (Å²) < 4.78 is 26.4. The first-order chi connectivity index (χ1) is 14.8. The molecule has 0 saturated carbocycles. The highest BCUT2D eigenvalue weighted by Crippen LogP contribution is 2.38. The molecule has 1 saturated heterocycles. The average Bonchev–Trinajstić information content (AvgIpc) is 3.33. The van der Waals surface area contributed by atoms with E-state index in [2.05, 4.69) is 20.9 Å². The lowest BCUT2D eigenvalue weighted by Gasteiger charge is -2.26. The van der Waals surface area contributed by atoms with Gasteiger partial charge in [-0.15, -0.1) is 6.42 Å². The van der Waals surface area contributed by atoms with Crippen molar-refractivity contribution in [1.29, 1.82) is 0 Å². The van der Waals surface area contributed by atoms with Gasteiger partial charge in [0.25, 0.3) is 0 Å². The fraction of sp³-hybridized carbons (Fsp3) is 0.333. The lowest BCUT2D eigenvalue weighted by molar-refractivity contribution is -0.157. The summed E-state index contributed by atoms with van der Waals surface area (Å²) in [4.78, 5) is 23.7. The maximum atomic E-state index is 13.6. The Morgan fingerprint density at radius 3 is 2.94 bits per heavy atom. The van der Waals surface area contributed by atoms with E-state index < -0.39 is 35.9 Å². The molecule has 3 heterocycles. The number of fused-ring (bicyclic) bond motifs is 1. The fourth-order valence-corrected chi connectivity index (χ4v) is 3.53. The Morgan fingerprint density at radius 2 is 2.23 bits per heavy atom. The van der Waals surface area contributed by atoms with Crippen LogP contribution in [0.4, 0.5) is 10.2 Å². The highest BCUT2D eigenvalue weighted by molar-refractivity contribution is 5.81. The number of rotatable bonds is 5. The third-order valence-electron chi connectivity index (χ3n) is 5.37. The van der Waals surface area contributed by atoms with E-state index in [-0.39, 0.29) is 30.0 Å². The van der Waals surface area contributed by atoms with Crippen LogP contribution in [0.5, 0.6) is 0 Å². The first-order valence-electron chi connectivity index (χ1n) is 9.55. The number of nitrogens with two attached hydrogens (primary N) is 1. The number of aromatic nitrogens is 4. The molecule has 9 nitrogen and oxygen atoms in total. The van der Waals surface area contributed by atoms with Crippen LogP contribution in [-0.4, -0.2) is 48.9 Å². The number of esters is 1. The van der Waals surface area contributed by atoms with Crippen LogP contribution >= 0.6 is 0 Å². The Bertz CT molecular complexity index is 1160. The van der Waals surface area contributed by atoms with Crippen molar-refractivity contribution in [3.05, 3.63) is 48.3 Å². The van der Waals surface area contributed by atoms with Gasteiger partial charge < -0.3 is 20.3 Å². The SMILES string of the molecule is C#C[C@]1(COC(=O)[C@@H](C)c2ccccc2)O[C@@H](n2cnc3c(N)nc(F)nc32)C[C@@H]1O. The van der Waals surface area contributed by atoms with Gasteiger partial charge in [0, 0.05) is 6.42 Å². The Morgan fingerprint density at radius 1 is 1.48 bits per heavy atom. The molecular weight excluding hydrogens is 405 g/mol. The number of ether oxygens (including phenoxy) is 2. The average molecular weight is 425 g/mol. The van der Waals surface area contributed by atoms with E-state index in [1.807, 2.05) is 30.3 Å². The first kappa shape index (κ1) is 20.7. The second kappa shape index (κ2) is 7.94. The molecule has 0 unspecified atom stereocenters. The molecule has 1 aliphatic heterocycles. The predicted octanol–water partition coefficient (Wildman–Crippen LogP) is 1.55. The van der Waals surface area contributed by atoms with Crippen LogP contribution < -0.4 is 5.73 Å². The number of carbonyl (C=O) groups excluding carboxylic acids is 1. The summed E-state index contributed by atoms with van der Waals surface area (Å²) in [5, 5.41) is 10.6. The summed E-state index contributed by atoms with van der Waals surface area (Å²) >= 11 is 0. The maximum absolute atomic E-state index is 13.6. The second-order valence-electron chi connectivity index (χ2n) is 7.30. The Hall–Kier alpha value is -3.55. The molecule has 0 amide bonds. The minimum absolute atomic E-state index is 0.0486. The summed E-state index contributed by atoms with van der Waals surface area (Å²) in [5.41, 5.74) is 5.19. The smallest absolute Gasteiger partial charge is 0.313 e. The third kappa shape index (κ3) is 3.69. The predicted molar refractivity (Wildman–Crippen MR) is 108 cm³/mol. The van der Waals surface area contributed by atoms with E-state index in [4.69, 9.17) is 21.6 Å². The van der Waals surface area contributed by atoms with Crippen LogP contribution in [-0.2, 0) is 14.3 Å². The van der Waals surface area contributed by atoms with Crippen molar-refractivity contribution >= 4 is 23.0 Å². The molecule has 10 heteroatoms. The first-order valence-corrected chi connectivity index (χ1v) is 9.55. The number of halogens is 1. The number of aliphatic hydroxyl groups excluding tert-OH is 1. The van der Waals surface area contributed by atoms with Gasteiger partial charge in [-0.3, -0.25) is 9.36 Å². The van der Waals surface area contributed by atoms with E-state index in [1.165, 1.54) is 10.9 Å². The number of hydrogen-bond acceptors (Lipinski definition) is 8. The Labute approximate surface area is 177 Å². The molecule has 0 bridgehead atoms. The summed E-state index contributed by atoms with van der Waals surface area (Å²) in [6.07, 6.45) is 4.06. The largest absolute Gasteiger partial charge is 0.461 e. The van der Waals surface area contributed by atoms with E-state index in [0.29, 0.717) is 0 Å². The lowest BCUT2D eigenvalue weighted by Crippen LogP contribution is -2.43. The number of carbonyl (C=O) groups is 1. The minimum Gasteiger partial charge on any atom is -0.461 e. The molecule has 4 rings (SSSR count). The normalized spacial score (nSPS) is 24.1. The number of aliphatic hydroxyl groups is 1. The molecule has 2 aromatic heterocycles. The van der Waals surface area contributed by atoms with Crippen molar-refractivity contribution < 1.29 is 23.8 Å². The van der Waals surface area contributed by atoms with Gasteiger partial charge in [-0.2, -0.15) is 14.4 Å². The number of anilines is 1. The van der Waals surface area contributed by atoms with Gasteiger partial charge in [-0.1, -0.05) is 36.3 Å². The van der Waals surface area contributed by atoms with Crippen LogP contribution in [0.3, 0.4) is 0 Å². The zero-order valence-electron chi connectivity index (χ0n) is 16.6. The standard InChI is InChI=1S/C21H20FN5O4/c1-3-21(10-30-19(29)12(2)13-7-5-4-6-8-13)14(28)9-15(31-21)27-11-24-16-17(23)25-20(22)26-18(16)27/h1,4-8,11-12,14-15,28H,9-10H2,2H3,(H2,23,25,26)/t12-,14-,15+,21+/m0/s1. The van der Waals surface area contributed by atoms with Gasteiger partial charge in [0.15, 0.2) is 22.6 Å². The van der Waals surface area contributed by atoms with Gasteiger partial charge in [-0.25, -0.2) is 4.98 Å². The van der Waals surface area contributed by atoms with Gasteiger partial charge in [0.2, 0.25) is 0 Å². The zero-order valence-corrected chi connectivity index (χ0v) is 16.6. The van der Waals surface area contributed by atoms with Crippen LogP contribution in [0, 0.1) is 18.4 Å². The van der Waals surface area contributed by atoms with Gasteiger partial charge in [0.1, 0.15) is 18.9 Å². The third-order valence-corrected chi connectivity index (χ3v) is 5.37. The molecule has 31 heavy (non-hydrogen) atoms. The molecule has 3 N–H and O–H groups in total. The number of terminal acetylenes is 1. The summed E-state index contributed by atoms with van der Waals surface area (Å²) in [7, 11) is 0. The van der Waals surface area contributed by atoms with Crippen molar-refractivity contribution in [2.75, 3.05) is 12.3 Å². The summed E-state index contributed by atoms with van der Waals surface area (Å²) in [6.45, 7) is 1.36. The molecule has 1 fully saturated rings. The van der Waals surface area contributed by atoms with E-state index in [9.17, 15) is 14.3 Å². The van der Waals surface area contributed by atoms with Crippen molar-refractivity contribution in [3.8, 4) is 12.3 Å². The molecule has 160 valence electrons. The fourth-order valence-electron chi connectivity index (χ4n) is 3.53. The number of nitrogen functional groups attached to an aromatic ring is 1. The highest BCUT2D eigenvalue weighted by atomic mass is 19.1. The topological polar surface area (TPSA) is 125 Å². The minimum atomic E-state index is -1.58. The lowest BCUT2D eigenvalue weighted by atomic mass is 9.98. The van der Waals surface area contributed by atoms with Crippen LogP contribution in [0.25, 0.3) is 11.2 Å².